The molecule has 0 unspecified atom stereocenters. The van der Waals surface area contributed by atoms with Crippen LogP contribution in [-0.2, 0) is 12.3 Å². The number of aromatic nitrogens is 3. The molecule has 0 spiro atoms. The molecule has 0 bridgehead atoms. The zero-order chi connectivity index (χ0) is 20.1. The fraction of sp³-hybridized carbons (Fsp3) is 0.150. The summed E-state index contributed by atoms with van der Waals surface area (Å²) in [6.07, 6.45) is 0. The Balaban J connectivity index is 1.30. The van der Waals surface area contributed by atoms with Crippen molar-refractivity contribution >= 4 is 39.6 Å². The summed E-state index contributed by atoms with van der Waals surface area (Å²) in [6.45, 7) is 0.580. The minimum absolute atomic E-state index is 0.236. The van der Waals surface area contributed by atoms with Crippen molar-refractivity contribution in [2.45, 2.75) is 16.6 Å². The van der Waals surface area contributed by atoms with Crippen LogP contribution in [0.2, 0.25) is 0 Å². The Labute approximate surface area is 180 Å². The lowest BCUT2D eigenvalue weighted by molar-refractivity contribution is 0.415. The second-order valence-electron chi connectivity index (χ2n) is 6.01. The molecule has 148 valence electrons. The van der Waals surface area contributed by atoms with Crippen molar-refractivity contribution in [3.05, 3.63) is 71.0 Å². The van der Waals surface area contributed by atoms with Crippen molar-refractivity contribution < 1.29 is 9.13 Å². The van der Waals surface area contributed by atoms with E-state index in [1.807, 2.05) is 24.3 Å². The largest absolute Gasteiger partial charge is 0.497 e. The molecule has 29 heavy (non-hydrogen) atoms. The standard InChI is InChI=1S/C20H17FN4OS3/c1-26-17-8-4-14(5-9-17)18-23-16(11-27-18)12-28-20-25-24-19(29-20)22-10-13-2-6-15(21)7-3-13/h2-9,11H,10,12H2,1H3,(H,22,24). The van der Waals surface area contributed by atoms with Gasteiger partial charge in [-0.15, -0.1) is 21.5 Å². The fourth-order valence-corrected chi connectivity index (χ4v) is 5.07. The van der Waals surface area contributed by atoms with Gasteiger partial charge in [0.15, 0.2) is 4.34 Å². The molecule has 1 N–H and O–H groups in total. The van der Waals surface area contributed by atoms with Crippen LogP contribution in [0.5, 0.6) is 5.75 Å². The van der Waals surface area contributed by atoms with E-state index in [9.17, 15) is 4.39 Å². The normalized spacial score (nSPS) is 10.8. The summed E-state index contributed by atoms with van der Waals surface area (Å²) < 4.78 is 19.0. The van der Waals surface area contributed by atoms with Crippen molar-refractivity contribution in [2.24, 2.45) is 0 Å². The number of hydrogen-bond donors (Lipinski definition) is 1. The second kappa shape index (κ2) is 9.34. The van der Waals surface area contributed by atoms with Crippen LogP contribution in [0.15, 0.2) is 58.3 Å². The van der Waals surface area contributed by atoms with Gasteiger partial charge in [-0.2, -0.15) is 0 Å². The average Bonchev–Trinajstić information content (AvgIpc) is 3.41. The third-order valence-electron chi connectivity index (χ3n) is 4.00. The number of rotatable bonds is 8. The SMILES string of the molecule is COc1ccc(-c2nc(CSc3nnc(NCc4ccc(F)cc4)s3)cs2)cc1. The number of methoxy groups -OCH3 is 1. The van der Waals surface area contributed by atoms with E-state index in [4.69, 9.17) is 9.72 Å². The molecule has 0 amide bonds. The summed E-state index contributed by atoms with van der Waals surface area (Å²) in [7, 11) is 1.66. The van der Waals surface area contributed by atoms with Gasteiger partial charge in [-0.1, -0.05) is 35.2 Å². The Hall–Kier alpha value is -2.49. The number of anilines is 1. The van der Waals surface area contributed by atoms with Gasteiger partial charge in [-0.3, -0.25) is 0 Å². The molecule has 2 aromatic carbocycles. The van der Waals surface area contributed by atoms with Gasteiger partial charge >= 0.3 is 0 Å². The van der Waals surface area contributed by atoms with Crippen LogP contribution in [-0.4, -0.2) is 22.3 Å². The molecular formula is C20H17FN4OS3. The maximum absolute atomic E-state index is 13.0. The molecule has 0 saturated heterocycles. The van der Waals surface area contributed by atoms with E-state index >= 15 is 0 Å². The quantitative estimate of drug-likeness (QED) is 0.351. The van der Waals surface area contributed by atoms with Crippen molar-refractivity contribution in [1.82, 2.24) is 15.2 Å². The molecule has 2 aromatic heterocycles. The summed E-state index contributed by atoms with van der Waals surface area (Å²) in [5, 5.41) is 15.4. The van der Waals surface area contributed by atoms with Gasteiger partial charge in [0, 0.05) is 23.2 Å². The van der Waals surface area contributed by atoms with Crippen molar-refractivity contribution in [1.29, 1.82) is 0 Å². The Morgan fingerprint density at radius 3 is 2.62 bits per heavy atom. The molecule has 0 aliphatic heterocycles. The van der Waals surface area contributed by atoms with Gasteiger partial charge in [-0.05, 0) is 42.0 Å². The van der Waals surface area contributed by atoms with E-state index in [0.717, 1.165) is 42.8 Å². The lowest BCUT2D eigenvalue weighted by Gasteiger charge is -2.01. The first-order chi connectivity index (χ1) is 14.2. The lowest BCUT2D eigenvalue weighted by Crippen LogP contribution is -1.98. The number of nitrogens with one attached hydrogen (secondary N) is 1. The van der Waals surface area contributed by atoms with Gasteiger partial charge in [0.05, 0.1) is 12.8 Å². The van der Waals surface area contributed by atoms with Crippen molar-refractivity contribution in [3.63, 3.8) is 0 Å². The average molecular weight is 445 g/mol. The Kier molecular flexibility index (Phi) is 6.38. The van der Waals surface area contributed by atoms with Crippen LogP contribution < -0.4 is 10.1 Å². The van der Waals surface area contributed by atoms with Crippen LogP contribution >= 0.6 is 34.4 Å². The topological polar surface area (TPSA) is 59.9 Å². The summed E-state index contributed by atoms with van der Waals surface area (Å²) >= 11 is 4.74. The molecule has 0 radical (unpaired) electrons. The molecule has 2 heterocycles. The van der Waals surface area contributed by atoms with E-state index in [1.54, 1.807) is 42.3 Å². The monoisotopic (exact) mass is 444 g/mol. The van der Waals surface area contributed by atoms with Crippen LogP contribution in [0, 0.1) is 5.82 Å². The van der Waals surface area contributed by atoms with Gasteiger partial charge < -0.3 is 10.1 Å². The number of hydrogen-bond acceptors (Lipinski definition) is 8. The van der Waals surface area contributed by atoms with Crippen molar-refractivity contribution in [3.8, 4) is 16.3 Å². The van der Waals surface area contributed by atoms with Crippen LogP contribution in [0.25, 0.3) is 10.6 Å². The van der Waals surface area contributed by atoms with Crippen LogP contribution in [0.4, 0.5) is 9.52 Å². The van der Waals surface area contributed by atoms with E-state index in [-0.39, 0.29) is 5.82 Å². The minimum Gasteiger partial charge on any atom is -0.497 e. The molecule has 0 fully saturated rings. The number of thioether (sulfide) groups is 1. The first-order valence-corrected chi connectivity index (χ1v) is 11.4. The summed E-state index contributed by atoms with van der Waals surface area (Å²) in [5.41, 5.74) is 3.08. The third kappa shape index (κ3) is 5.31. The molecule has 5 nitrogen and oxygen atoms in total. The summed E-state index contributed by atoms with van der Waals surface area (Å²) in [5.74, 6) is 1.33. The zero-order valence-electron chi connectivity index (χ0n) is 15.5. The van der Waals surface area contributed by atoms with Crippen LogP contribution in [0.3, 0.4) is 0 Å². The van der Waals surface area contributed by atoms with Crippen LogP contribution in [0.1, 0.15) is 11.3 Å². The molecule has 0 atom stereocenters. The van der Waals surface area contributed by atoms with E-state index in [0.29, 0.717) is 6.54 Å². The van der Waals surface area contributed by atoms with Crippen molar-refractivity contribution in [2.75, 3.05) is 12.4 Å². The number of ether oxygens (including phenoxy) is 1. The molecule has 9 heteroatoms. The smallest absolute Gasteiger partial charge is 0.206 e. The molecule has 0 aliphatic rings. The highest BCUT2D eigenvalue weighted by molar-refractivity contribution is 8.00. The molecule has 4 rings (SSSR count). The predicted octanol–water partition coefficient (Wildman–Crippen LogP) is 5.71. The highest BCUT2D eigenvalue weighted by Crippen LogP contribution is 2.31. The van der Waals surface area contributed by atoms with Gasteiger partial charge in [0.25, 0.3) is 0 Å². The van der Waals surface area contributed by atoms with E-state index in [1.165, 1.54) is 23.5 Å². The first kappa shape index (κ1) is 19.8. The third-order valence-corrected chi connectivity index (χ3v) is 6.98. The second-order valence-corrected chi connectivity index (χ2v) is 9.07. The maximum Gasteiger partial charge on any atom is 0.206 e. The number of halogens is 1. The lowest BCUT2D eigenvalue weighted by atomic mass is 10.2. The minimum atomic E-state index is -0.236. The van der Waals surface area contributed by atoms with E-state index < -0.39 is 0 Å². The molecule has 0 aliphatic carbocycles. The number of nitrogens with zero attached hydrogens (tertiary/aromatic N) is 3. The molecule has 0 saturated carbocycles. The molecule has 4 aromatic rings. The predicted molar refractivity (Wildman–Crippen MR) is 117 cm³/mol. The van der Waals surface area contributed by atoms with Gasteiger partial charge in [0.1, 0.15) is 16.6 Å². The van der Waals surface area contributed by atoms with E-state index in [2.05, 4.69) is 20.9 Å². The molecular weight excluding hydrogens is 427 g/mol. The highest BCUT2D eigenvalue weighted by atomic mass is 32.2. The summed E-state index contributed by atoms with van der Waals surface area (Å²) in [4.78, 5) is 4.71. The zero-order valence-corrected chi connectivity index (χ0v) is 17.9. The number of thiazole rings is 1. The highest BCUT2D eigenvalue weighted by Gasteiger charge is 2.09. The summed E-state index contributed by atoms with van der Waals surface area (Å²) in [6, 6.07) is 14.3. The maximum atomic E-state index is 13.0. The Bertz CT molecular complexity index is 1060. The Morgan fingerprint density at radius 1 is 1.07 bits per heavy atom. The van der Waals surface area contributed by atoms with Gasteiger partial charge in [-0.25, -0.2) is 9.37 Å². The van der Waals surface area contributed by atoms with Gasteiger partial charge in [0.2, 0.25) is 5.13 Å². The number of benzene rings is 2. The Morgan fingerprint density at radius 2 is 1.86 bits per heavy atom. The fourth-order valence-electron chi connectivity index (χ4n) is 2.49. The first-order valence-electron chi connectivity index (χ1n) is 8.73.